The Bertz CT molecular complexity index is 395. The van der Waals surface area contributed by atoms with Crippen molar-refractivity contribution in [3.05, 3.63) is 17.0 Å². The predicted octanol–water partition coefficient (Wildman–Crippen LogP) is 3.14. The van der Waals surface area contributed by atoms with Gasteiger partial charge in [0, 0.05) is 5.69 Å². The van der Waals surface area contributed by atoms with Crippen LogP contribution < -0.4 is 5.73 Å². The molecule has 3 nitrogen and oxygen atoms in total. The van der Waals surface area contributed by atoms with E-state index >= 15 is 0 Å². The zero-order valence-electron chi connectivity index (χ0n) is 12.1. The molecule has 1 saturated carbocycles. The molecule has 0 radical (unpaired) electrons. The summed E-state index contributed by atoms with van der Waals surface area (Å²) in [4.78, 5) is 0. The third-order valence-corrected chi connectivity index (χ3v) is 4.58. The van der Waals surface area contributed by atoms with Crippen molar-refractivity contribution in [1.29, 1.82) is 0 Å². The summed E-state index contributed by atoms with van der Waals surface area (Å²) < 4.78 is 2.31. The highest BCUT2D eigenvalue weighted by Crippen LogP contribution is 2.37. The van der Waals surface area contributed by atoms with Gasteiger partial charge in [0.2, 0.25) is 0 Å². The van der Waals surface area contributed by atoms with E-state index in [0.29, 0.717) is 6.04 Å². The van der Waals surface area contributed by atoms with Crippen LogP contribution in [0.4, 0.5) is 0 Å². The van der Waals surface area contributed by atoms with E-state index in [2.05, 4.69) is 25.5 Å². The quantitative estimate of drug-likeness (QED) is 0.891. The third-order valence-electron chi connectivity index (χ3n) is 4.58. The number of rotatable bonds is 4. The molecule has 2 rings (SSSR count). The fourth-order valence-electron chi connectivity index (χ4n) is 3.51. The van der Waals surface area contributed by atoms with E-state index in [4.69, 9.17) is 10.8 Å². The van der Waals surface area contributed by atoms with Crippen LogP contribution in [0, 0.1) is 19.8 Å². The Kier molecular flexibility index (Phi) is 4.44. The maximum atomic E-state index is 5.70. The third kappa shape index (κ3) is 2.46. The fraction of sp³-hybridized carbons (Fsp3) is 0.800. The summed E-state index contributed by atoms with van der Waals surface area (Å²) in [6, 6.07) is 0.619. The van der Waals surface area contributed by atoms with Crippen molar-refractivity contribution in [2.24, 2.45) is 11.7 Å². The Labute approximate surface area is 111 Å². The Morgan fingerprint density at radius 2 is 2.00 bits per heavy atom. The normalized spacial score (nSPS) is 24.4. The number of nitrogens with two attached hydrogens (primary N) is 1. The van der Waals surface area contributed by atoms with Gasteiger partial charge < -0.3 is 5.73 Å². The molecule has 2 unspecified atom stereocenters. The highest BCUT2D eigenvalue weighted by molar-refractivity contribution is 5.25. The Hall–Kier alpha value is -0.830. The van der Waals surface area contributed by atoms with Crippen molar-refractivity contribution in [1.82, 2.24) is 9.78 Å². The van der Waals surface area contributed by atoms with Gasteiger partial charge in [-0.15, -0.1) is 0 Å². The summed E-state index contributed by atoms with van der Waals surface area (Å²) in [5.41, 5.74) is 9.60. The topological polar surface area (TPSA) is 43.8 Å². The lowest BCUT2D eigenvalue weighted by Crippen LogP contribution is -2.24. The highest BCUT2D eigenvalue weighted by Gasteiger charge is 2.27. The molecule has 0 aromatic carbocycles. The molecule has 1 aliphatic rings. The van der Waals surface area contributed by atoms with E-state index in [-0.39, 0.29) is 0 Å². The van der Waals surface area contributed by atoms with Crippen LogP contribution in [0.25, 0.3) is 0 Å². The van der Waals surface area contributed by atoms with Gasteiger partial charge in [-0.3, -0.25) is 4.68 Å². The average molecular weight is 249 g/mol. The molecule has 102 valence electrons. The first-order chi connectivity index (χ1) is 8.69. The van der Waals surface area contributed by atoms with Gasteiger partial charge in [-0.2, -0.15) is 5.10 Å². The fourth-order valence-corrected chi connectivity index (χ4v) is 3.51. The molecule has 1 aliphatic carbocycles. The van der Waals surface area contributed by atoms with E-state index in [1.54, 1.807) is 0 Å². The lowest BCUT2D eigenvalue weighted by atomic mass is 9.83. The molecule has 1 aromatic heterocycles. The van der Waals surface area contributed by atoms with Gasteiger partial charge in [-0.05, 0) is 51.1 Å². The number of hydrogen-bond acceptors (Lipinski definition) is 2. The zero-order valence-corrected chi connectivity index (χ0v) is 12.1. The van der Waals surface area contributed by atoms with Crippen LogP contribution in [-0.4, -0.2) is 16.3 Å². The molecule has 3 heteroatoms. The summed E-state index contributed by atoms with van der Waals surface area (Å²) in [6.07, 6.45) is 7.64. The van der Waals surface area contributed by atoms with Gasteiger partial charge in [0.15, 0.2) is 0 Å². The first-order valence-electron chi connectivity index (χ1n) is 7.43. The SMILES string of the molecule is CCC1CCCCC1n1nc(C)c(CCN)c1C. The van der Waals surface area contributed by atoms with Crippen LogP contribution in [-0.2, 0) is 6.42 Å². The van der Waals surface area contributed by atoms with Crippen molar-refractivity contribution in [2.75, 3.05) is 6.54 Å². The molecule has 0 bridgehead atoms. The Morgan fingerprint density at radius 3 is 2.67 bits per heavy atom. The predicted molar refractivity (Wildman–Crippen MR) is 75.7 cm³/mol. The van der Waals surface area contributed by atoms with Crippen molar-refractivity contribution in [2.45, 2.75) is 65.3 Å². The van der Waals surface area contributed by atoms with Crippen molar-refractivity contribution in [3.8, 4) is 0 Å². The molecule has 1 aromatic rings. The van der Waals surface area contributed by atoms with E-state index < -0.39 is 0 Å². The van der Waals surface area contributed by atoms with E-state index in [9.17, 15) is 0 Å². The maximum Gasteiger partial charge on any atom is 0.0629 e. The molecule has 0 aliphatic heterocycles. The molecule has 2 N–H and O–H groups in total. The summed E-state index contributed by atoms with van der Waals surface area (Å²) in [5, 5.41) is 4.81. The van der Waals surface area contributed by atoms with E-state index in [0.717, 1.165) is 18.9 Å². The van der Waals surface area contributed by atoms with Crippen LogP contribution in [0.1, 0.15) is 62.0 Å². The number of hydrogen-bond donors (Lipinski definition) is 1. The minimum Gasteiger partial charge on any atom is -0.330 e. The molecule has 2 atom stereocenters. The van der Waals surface area contributed by atoms with Crippen LogP contribution >= 0.6 is 0 Å². The minimum absolute atomic E-state index is 0.619. The number of aromatic nitrogens is 2. The first-order valence-corrected chi connectivity index (χ1v) is 7.43. The highest BCUT2D eigenvalue weighted by atomic mass is 15.3. The van der Waals surface area contributed by atoms with Gasteiger partial charge in [-0.25, -0.2) is 0 Å². The summed E-state index contributed by atoms with van der Waals surface area (Å²) in [5.74, 6) is 0.808. The van der Waals surface area contributed by atoms with Crippen LogP contribution in [0.3, 0.4) is 0 Å². The standard InChI is InChI=1S/C15H27N3/c1-4-13-7-5-6-8-15(13)18-12(3)14(9-10-16)11(2)17-18/h13,15H,4-10,16H2,1-3H3. The molecular formula is C15H27N3. The molecular weight excluding hydrogens is 222 g/mol. The lowest BCUT2D eigenvalue weighted by molar-refractivity contribution is 0.214. The summed E-state index contributed by atoms with van der Waals surface area (Å²) in [6.45, 7) is 7.37. The van der Waals surface area contributed by atoms with Gasteiger partial charge in [0.05, 0.1) is 11.7 Å². The molecule has 1 fully saturated rings. The first kappa shape index (κ1) is 13.6. The van der Waals surface area contributed by atoms with Gasteiger partial charge >= 0.3 is 0 Å². The van der Waals surface area contributed by atoms with Crippen molar-refractivity contribution >= 4 is 0 Å². The van der Waals surface area contributed by atoms with E-state index in [1.165, 1.54) is 49.1 Å². The maximum absolute atomic E-state index is 5.70. The second kappa shape index (κ2) is 5.87. The second-order valence-corrected chi connectivity index (χ2v) is 5.65. The monoisotopic (exact) mass is 249 g/mol. The molecule has 0 saturated heterocycles. The van der Waals surface area contributed by atoms with Gasteiger partial charge in [-0.1, -0.05) is 26.2 Å². The Balaban J connectivity index is 2.29. The minimum atomic E-state index is 0.619. The van der Waals surface area contributed by atoms with Crippen molar-refractivity contribution < 1.29 is 0 Å². The number of nitrogens with zero attached hydrogens (tertiary/aromatic N) is 2. The average Bonchev–Trinajstić information content (AvgIpc) is 2.67. The van der Waals surface area contributed by atoms with Crippen LogP contribution in [0.5, 0.6) is 0 Å². The molecule has 0 spiro atoms. The molecule has 18 heavy (non-hydrogen) atoms. The second-order valence-electron chi connectivity index (χ2n) is 5.65. The van der Waals surface area contributed by atoms with Crippen LogP contribution in [0.15, 0.2) is 0 Å². The lowest BCUT2D eigenvalue weighted by Gasteiger charge is -2.32. The molecule has 1 heterocycles. The largest absolute Gasteiger partial charge is 0.330 e. The van der Waals surface area contributed by atoms with Crippen molar-refractivity contribution in [3.63, 3.8) is 0 Å². The Morgan fingerprint density at radius 1 is 1.28 bits per heavy atom. The molecule has 0 amide bonds. The van der Waals surface area contributed by atoms with Gasteiger partial charge in [0.25, 0.3) is 0 Å². The summed E-state index contributed by atoms with van der Waals surface area (Å²) >= 11 is 0. The number of aryl methyl sites for hydroxylation is 1. The van der Waals surface area contributed by atoms with E-state index in [1.807, 2.05) is 0 Å². The smallest absolute Gasteiger partial charge is 0.0629 e. The summed E-state index contributed by atoms with van der Waals surface area (Å²) in [7, 11) is 0. The van der Waals surface area contributed by atoms with Crippen LogP contribution in [0.2, 0.25) is 0 Å². The van der Waals surface area contributed by atoms with Gasteiger partial charge in [0.1, 0.15) is 0 Å². The zero-order chi connectivity index (χ0) is 13.1.